The molecule has 1 saturated heterocycles. The van der Waals surface area contributed by atoms with Crippen LogP contribution in [-0.4, -0.2) is 25.0 Å². The van der Waals surface area contributed by atoms with Crippen molar-refractivity contribution in [2.45, 2.75) is 27.1 Å². The van der Waals surface area contributed by atoms with E-state index in [1.807, 2.05) is 53.9 Å². The van der Waals surface area contributed by atoms with Gasteiger partial charge in [0.05, 0.1) is 20.1 Å². The Morgan fingerprint density at radius 2 is 1.88 bits per heavy atom. The Morgan fingerprint density at radius 1 is 1.19 bits per heavy atom. The molecule has 1 aliphatic carbocycles. The summed E-state index contributed by atoms with van der Waals surface area (Å²) < 4.78 is 12.7. The van der Waals surface area contributed by atoms with Gasteiger partial charge in [-0.2, -0.15) is 0 Å². The third-order valence-electron chi connectivity index (χ3n) is 3.02. The highest BCUT2D eigenvalue weighted by Crippen LogP contribution is 2.62. The van der Waals surface area contributed by atoms with Crippen molar-refractivity contribution < 1.29 is 4.21 Å². The van der Waals surface area contributed by atoms with Crippen molar-refractivity contribution in [3.8, 4) is 0 Å². The van der Waals surface area contributed by atoms with Crippen LogP contribution in [0.15, 0.2) is 35.2 Å². The number of hydrogen-bond acceptors (Lipinski definition) is 3. The van der Waals surface area contributed by atoms with Gasteiger partial charge in [0.25, 0.3) is 0 Å². The molecule has 1 heterocycles. The van der Waals surface area contributed by atoms with Crippen molar-refractivity contribution in [1.82, 2.24) is 0 Å². The van der Waals surface area contributed by atoms with E-state index in [9.17, 15) is 4.21 Å². The van der Waals surface area contributed by atoms with E-state index in [0.717, 1.165) is 11.3 Å². The first-order valence-corrected chi connectivity index (χ1v) is 8.74. The standard InChI is InChI=1S/C12H14OS3/c13-16(10-5-2-1-3-6-10)11-9-12(11)14-7-4-8-15-12/h1-3,5-6,11H,4,7-9H2/t11-,16-/m1/s1. The molecule has 0 radical (unpaired) electrons. The van der Waals surface area contributed by atoms with Gasteiger partial charge in [0.2, 0.25) is 0 Å². The van der Waals surface area contributed by atoms with E-state index in [1.54, 1.807) is 0 Å². The molecule has 86 valence electrons. The molecule has 0 N–H and O–H groups in total. The van der Waals surface area contributed by atoms with Crippen LogP contribution in [0.5, 0.6) is 0 Å². The fourth-order valence-electron chi connectivity index (χ4n) is 2.05. The van der Waals surface area contributed by atoms with Crippen LogP contribution in [0, 0.1) is 0 Å². The van der Waals surface area contributed by atoms with Crippen LogP contribution in [0.2, 0.25) is 0 Å². The smallest absolute Gasteiger partial charge is 0.0770 e. The second kappa shape index (κ2) is 4.39. The van der Waals surface area contributed by atoms with Crippen molar-refractivity contribution >= 4 is 34.3 Å². The first kappa shape index (κ1) is 11.2. The lowest BCUT2D eigenvalue weighted by Gasteiger charge is -2.21. The van der Waals surface area contributed by atoms with Crippen LogP contribution < -0.4 is 0 Å². The van der Waals surface area contributed by atoms with Gasteiger partial charge in [0.15, 0.2) is 0 Å². The SMILES string of the molecule is O=[S@](c1ccccc1)[C@@H]1CC12SCCCS2. The maximum atomic E-state index is 12.4. The Morgan fingerprint density at radius 3 is 2.56 bits per heavy atom. The van der Waals surface area contributed by atoms with Gasteiger partial charge in [-0.25, -0.2) is 0 Å². The average molecular weight is 270 g/mol. The number of benzene rings is 1. The second-order valence-corrected chi connectivity index (χ2v) is 8.91. The van der Waals surface area contributed by atoms with Crippen LogP contribution in [0.1, 0.15) is 12.8 Å². The molecule has 2 atom stereocenters. The summed E-state index contributed by atoms with van der Waals surface area (Å²) in [6, 6.07) is 9.90. The van der Waals surface area contributed by atoms with E-state index < -0.39 is 10.8 Å². The van der Waals surface area contributed by atoms with Gasteiger partial charge in [-0.3, -0.25) is 4.21 Å². The molecule has 1 aromatic carbocycles. The van der Waals surface area contributed by atoms with E-state index in [2.05, 4.69) is 0 Å². The summed E-state index contributed by atoms with van der Waals surface area (Å²) in [6.45, 7) is 0. The van der Waals surface area contributed by atoms with E-state index in [0.29, 0.717) is 9.33 Å². The van der Waals surface area contributed by atoms with Crippen molar-refractivity contribution in [2.24, 2.45) is 0 Å². The molecule has 0 unspecified atom stereocenters. The Bertz CT molecular complexity index is 398. The van der Waals surface area contributed by atoms with E-state index in [-0.39, 0.29) is 0 Å². The van der Waals surface area contributed by atoms with Crippen molar-refractivity contribution in [3.05, 3.63) is 30.3 Å². The molecular weight excluding hydrogens is 256 g/mol. The lowest BCUT2D eigenvalue weighted by Crippen LogP contribution is -2.15. The first-order valence-electron chi connectivity index (χ1n) is 5.55. The molecule has 1 aromatic rings. The summed E-state index contributed by atoms with van der Waals surface area (Å²) >= 11 is 4.06. The Labute approximate surface area is 107 Å². The second-order valence-electron chi connectivity index (χ2n) is 4.17. The minimum atomic E-state index is -0.803. The predicted octanol–water partition coefficient (Wildman–Crippen LogP) is 3.13. The van der Waals surface area contributed by atoms with Crippen LogP contribution in [-0.2, 0) is 10.8 Å². The normalized spacial score (nSPS) is 28.9. The fraction of sp³-hybridized carbons (Fsp3) is 0.500. The van der Waals surface area contributed by atoms with Gasteiger partial charge in [-0.15, -0.1) is 23.5 Å². The van der Waals surface area contributed by atoms with Crippen LogP contribution in [0.4, 0.5) is 0 Å². The van der Waals surface area contributed by atoms with E-state index >= 15 is 0 Å². The molecule has 0 bridgehead atoms. The number of hydrogen-bond donors (Lipinski definition) is 0. The molecule has 1 aliphatic heterocycles. The average Bonchev–Trinajstić information content (AvgIpc) is 3.04. The highest BCUT2D eigenvalue weighted by atomic mass is 32.2. The summed E-state index contributed by atoms with van der Waals surface area (Å²) in [6.07, 6.45) is 2.44. The molecule has 1 spiro atoms. The highest BCUT2D eigenvalue weighted by Gasteiger charge is 2.59. The summed E-state index contributed by atoms with van der Waals surface area (Å²) in [5.41, 5.74) is 0. The zero-order valence-electron chi connectivity index (χ0n) is 8.93. The molecular formula is C12H14OS3. The Hall–Kier alpha value is 0.0700. The predicted molar refractivity (Wildman–Crippen MR) is 73.5 cm³/mol. The molecule has 1 nitrogen and oxygen atoms in total. The zero-order chi connectivity index (χ0) is 11.0. The minimum absolute atomic E-state index is 0.305. The maximum absolute atomic E-state index is 12.4. The van der Waals surface area contributed by atoms with Gasteiger partial charge in [-0.1, -0.05) is 18.2 Å². The molecule has 2 fully saturated rings. The number of thioether (sulfide) groups is 2. The van der Waals surface area contributed by atoms with Gasteiger partial charge in [-0.05, 0) is 36.5 Å². The summed E-state index contributed by atoms with van der Waals surface area (Å²) in [5, 5.41) is 0.380. The molecule has 4 heteroatoms. The summed E-state index contributed by atoms with van der Waals surface area (Å²) in [4.78, 5) is 0.996. The molecule has 16 heavy (non-hydrogen) atoms. The molecule has 0 amide bonds. The third-order valence-corrected chi connectivity index (χ3v) is 8.71. The van der Waals surface area contributed by atoms with Crippen molar-refractivity contribution in [1.29, 1.82) is 0 Å². The van der Waals surface area contributed by atoms with Crippen molar-refractivity contribution in [3.63, 3.8) is 0 Å². The lowest BCUT2D eigenvalue weighted by atomic mass is 10.4. The molecule has 0 aromatic heterocycles. The lowest BCUT2D eigenvalue weighted by molar-refractivity contribution is 0.682. The highest BCUT2D eigenvalue weighted by molar-refractivity contribution is 8.20. The quantitative estimate of drug-likeness (QED) is 0.822. The third kappa shape index (κ3) is 1.95. The minimum Gasteiger partial charge on any atom is -0.254 e. The molecule has 1 saturated carbocycles. The van der Waals surface area contributed by atoms with E-state index in [1.165, 1.54) is 17.9 Å². The Kier molecular flexibility index (Phi) is 3.07. The molecule has 2 aliphatic rings. The number of rotatable bonds is 2. The largest absolute Gasteiger partial charge is 0.254 e. The van der Waals surface area contributed by atoms with Crippen LogP contribution in [0.3, 0.4) is 0 Å². The van der Waals surface area contributed by atoms with Gasteiger partial charge >= 0.3 is 0 Å². The van der Waals surface area contributed by atoms with Gasteiger partial charge < -0.3 is 0 Å². The first-order chi connectivity index (χ1) is 7.82. The monoisotopic (exact) mass is 270 g/mol. The maximum Gasteiger partial charge on any atom is 0.0770 e. The van der Waals surface area contributed by atoms with Crippen LogP contribution in [0.25, 0.3) is 0 Å². The summed E-state index contributed by atoms with van der Waals surface area (Å²) in [5.74, 6) is 2.49. The topological polar surface area (TPSA) is 17.1 Å². The van der Waals surface area contributed by atoms with Gasteiger partial charge in [0, 0.05) is 4.90 Å². The van der Waals surface area contributed by atoms with E-state index in [4.69, 9.17) is 0 Å². The molecule has 3 rings (SSSR count). The zero-order valence-corrected chi connectivity index (χ0v) is 11.4. The van der Waals surface area contributed by atoms with Gasteiger partial charge in [0.1, 0.15) is 0 Å². The Balaban J connectivity index is 1.74. The summed E-state index contributed by atoms with van der Waals surface area (Å²) in [7, 11) is -0.803. The van der Waals surface area contributed by atoms with Crippen molar-refractivity contribution in [2.75, 3.05) is 11.5 Å². The van der Waals surface area contributed by atoms with Crippen LogP contribution >= 0.6 is 23.5 Å². The fourth-order valence-corrected chi connectivity index (χ4v) is 7.91.